The molecule has 2 rings (SSSR count). The molecule has 7 nitrogen and oxygen atoms in total. The molecule has 0 radical (unpaired) electrons. The summed E-state index contributed by atoms with van der Waals surface area (Å²) in [6.07, 6.45) is 4.36. The van der Waals surface area contributed by atoms with E-state index in [9.17, 15) is 8.42 Å². The monoisotopic (exact) mass is 301 g/mol. The van der Waals surface area contributed by atoms with Crippen LogP contribution in [0.1, 0.15) is 19.8 Å². The van der Waals surface area contributed by atoms with E-state index in [1.165, 1.54) is 23.8 Å². The summed E-state index contributed by atoms with van der Waals surface area (Å²) < 4.78 is 35.9. The Hall–Kier alpha value is -1.41. The van der Waals surface area contributed by atoms with E-state index in [1.807, 2.05) is 0 Å². The van der Waals surface area contributed by atoms with Gasteiger partial charge in [0.05, 0.1) is 31.8 Å². The maximum atomic E-state index is 11.9. The van der Waals surface area contributed by atoms with Crippen LogP contribution in [0.25, 0.3) is 0 Å². The van der Waals surface area contributed by atoms with Gasteiger partial charge in [-0.15, -0.1) is 0 Å². The highest BCUT2D eigenvalue weighted by Crippen LogP contribution is 2.19. The molecule has 1 saturated heterocycles. The molecule has 1 aliphatic rings. The molecule has 0 saturated carbocycles. The standard InChI is InChI=1S/C12H19N3O4S/c1-3-20(16,17)15-6-4-5-10(9-15)19-12-8-13-7-11(14-12)18-2/h7-8,10H,3-6,9H2,1-2H3/t10-/m1/s1. The van der Waals surface area contributed by atoms with Gasteiger partial charge in [0.1, 0.15) is 6.10 Å². The first-order valence-corrected chi connectivity index (χ1v) is 8.16. The van der Waals surface area contributed by atoms with Crippen molar-refractivity contribution in [3.8, 4) is 11.8 Å². The van der Waals surface area contributed by atoms with Gasteiger partial charge >= 0.3 is 0 Å². The van der Waals surface area contributed by atoms with Crippen molar-refractivity contribution in [1.82, 2.24) is 14.3 Å². The topological polar surface area (TPSA) is 81.6 Å². The van der Waals surface area contributed by atoms with Crippen LogP contribution in [-0.2, 0) is 10.0 Å². The van der Waals surface area contributed by atoms with Crippen LogP contribution in [0.2, 0.25) is 0 Å². The van der Waals surface area contributed by atoms with E-state index in [1.54, 1.807) is 6.92 Å². The fourth-order valence-electron chi connectivity index (χ4n) is 2.09. The summed E-state index contributed by atoms with van der Waals surface area (Å²) in [5.41, 5.74) is 0. The average Bonchev–Trinajstić information content (AvgIpc) is 2.48. The third kappa shape index (κ3) is 3.57. The molecule has 1 atom stereocenters. The molecule has 0 bridgehead atoms. The summed E-state index contributed by atoms with van der Waals surface area (Å²) >= 11 is 0. The quantitative estimate of drug-likeness (QED) is 0.795. The zero-order valence-electron chi connectivity index (χ0n) is 11.7. The Morgan fingerprint density at radius 2 is 2.15 bits per heavy atom. The average molecular weight is 301 g/mol. The fourth-order valence-corrected chi connectivity index (χ4v) is 3.26. The number of sulfonamides is 1. The molecule has 0 aliphatic carbocycles. The second-order valence-corrected chi connectivity index (χ2v) is 6.80. The molecule has 8 heteroatoms. The lowest BCUT2D eigenvalue weighted by Gasteiger charge is -2.31. The molecule has 1 aromatic heterocycles. The van der Waals surface area contributed by atoms with Crippen molar-refractivity contribution in [1.29, 1.82) is 0 Å². The van der Waals surface area contributed by atoms with Crippen LogP contribution in [0.5, 0.6) is 11.8 Å². The maximum absolute atomic E-state index is 11.9. The molecule has 1 aliphatic heterocycles. The van der Waals surface area contributed by atoms with Gasteiger partial charge in [-0.1, -0.05) is 0 Å². The number of rotatable bonds is 5. The number of ether oxygens (including phenoxy) is 2. The van der Waals surface area contributed by atoms with Crippen molar-refractivity contribution in [3.05, 3.63) is 12.4 Å². The van der Waals surface area contributed by atoms with Gasteiger partial charge in [0.2, 0.25) is 21.8 Å². The minimum Gasteiger partial charge on any atom is -0.480 e. The predicted molar refractivity (Wildman–Crippen MR) is 73.3 cm³/mol. The van der Waals surface area contributed by atoms with Crippen LogP contribution in [-0.4, -0.2) is 54.7 Å². The van der Waals surface area contributed by atoms with Crippen LogP contribution in [0.3, 0.4) is 0 Å². The normalized spacial score (nSPS) is 20.6. The van der Waals surface area contributed by atoms with Crippen LogP contribution < -0.4 is 9.47 Å². The Kier molecular flexibility index (Phi) is 4.77. The van der Waals surface area contributed by atoms with Gasteiger partial charge in [-0.2, -0.15) is 9.29 Å². The molecule has 2 heterocycles. The Balaban J connectivity index is 2.02. The minimum atomic E-state index is -3.17. The molecular weight excluding hydrogens is 282 g/mol. The third-order valence-corrected chi connectivity index (χ3v) is 5.03. The summed E-state index contributed by atoms with van der Waals surface area (Å²) in [5.74, 6) is 0.833. The molecule has 0 spiro atoms. The molecule has 0 N–H and O–H groups in total. The van der Waals surface area contributed by atoms with Crippen molar-refractivity contribution in [2.24, 2.45) is 0 Å². The van der Waals surface area contributed by atoms with Gasteiger partial charge in [-0.05, 0) is 19.8 Å². The number of methoxy groups -OCH3 is 1. The lowest BCUT2D eigenvalue weighted by Crippen LogP contribution is -2.44. The SMILES string of the molecule is CCS(=O)(=O)N1CCC[C@@H](Oc2cncc(OC)n2)C1. The zero-order chi connectivity index (χ0) is 14.6. The van der Waals surface area contributed by atoms with E-state index in [2.05, 4.69) is 9.97 Å². The third-order valence-electron chi connectivity index (χ3n) is 3.19. The molecule has 0 amide bonds. The number of hydrogen-bond acceptors (Lipinski definition) is 6. The van der Waals surface area contributed by atoms with E-state index >= 15 is 0 Å². The van der Waals surface area contributed by atoms with Crippen LogP contribution in [0.4, 0.5) is 0 Å². The molecule has 20 heavy (non-hydrogen) atoms. The highest BCUT2D eigenvalue weighted by Gasteiger charge is 2.28. The van der Waals surface area contributed by atoms with E-state index in [0.29, 0.717) is 24.8 Å². The van der Waals surface area contributed by atoms with Crippen molar-refractivity contribution in [2.75, 3.05) is 26.0 Å². The van der Waals surface area contributed by atoms with E-state index < -0.39 is 10.0 Å². The Morgan fingerprint density at radius 1 is 1.40 bits per heavy atom. The molecule has 1 fully saturated rings. The highest BCUT2D eigenvalue weighted by molar-refractivity contribution is 7.89. The van der Waals surface area contributed by atoms with Crippen molar-refractivity contribution in [3.63, 3.8) is 0 Å². The number of hydrogen-bond donors (Lipinski definition) is 0. The largest absolute Gasteiger partial charge is 0.480 e. The van der Waals surface area contributed by atoms with E-state index in [4.69, 9.17) is 9.47 Å². The molecule has 1 aromatic rings. The Labute approximate surface area is 119 Å². The van der Waals surface area contributed by atoms with Gasteiger partial charge in [0.15, 0.2) is 0 Å². The second kappa shape index (κ2) is 6.36. The number of aromatic nitrogens is 2. The van der Waals surface area contributed by atoms with Gasteiger partial charge in [-0.25, -0.2) is 8.42 Å². The number of nitrogens with zero attached hydrogens (tertiary/aromatic N) is 3. The van der Waals surface area contributed by atoms with Crippen molar-refractivity contribution < 1.29 is 17.9 Å². The summed E-state index contributed by atoms with van der Waals surface area (Å²) in [7, 11) is -1.66. The van der Waals surface area contributed by atoms with Crippen LogP contribution >= 0.6 is 0 Å². The van der Waals surface area contributed by atoms with E-state index in [-0.39, 0.29) is 11.9 Å². The predicted octanol–water partition coefficient (Wildman–Crippen LogP) is 0.678. The highest BCUT2D eigenvalue weighted by atomic mass is 32.2. The molecular formula is C12H19N3O4S. The van der Waals surface area contributed by atoms with Crippen LogP contribution in [0, 0.1) is 0 Å². The number of piperidine rings is 1. The van der Waals surface area contributed by atoms with E-state index in [0.717, 1.165) is 12.8 Å². The second-order valence-electron chi connectivity index (χ2n) is 4.54. The lowest BCUT2D eigenvalue weighted by molar-refractivity contribution is 0.123. The lowest BCUT2D eigenvalue weighted by atomic mass is 10.1. The van der Waals surface area contributed by atoms with Gasteiger partial charge in [0.25, 0.3) is 0 Å². The smallest absolute Gasteiger partial charge is 0.235 e. The van der Waals surface area contributed by atoms with Crippen molar-refractivity contribution >= 4 is 10.0 Å². The first-order chi connectivity index (χ1) is 9.55. The maximum Gasteiger partial charge on any atom is 0.235 e. The molecule has 0 unspecified atom stereocenters. The van der Waals surface area contributed by atoms with Crippen molar-refractivity contribution in [2.45, 2.75) is 25.9 Å². The molecule has 0 aromatic carbocycles. The summed E-state index contributed by atoms with van der Waals surface area (Å²) in [6.45, 7) is 2.56. The van der Waals surface area contributed by atoms with Gasteiger partial charge < -0.3 is 9.47 Å². The molecule has 112 valence electrons. The zero-order valence-corrected chi connectivity index (χ0v) is 12.5. The van der Waals surface area contributed by atoms with Crippen LogP contribution in [0.15, 0.2) is 12.4 Å². The summed E-state index contributed by atoms with van der Waals surface area (Å²) in [4.78, 5) is 8.08. The Morgan fingerprint density at radius 3 is 2.85 bits per heavy atom. The Bertz CT molecular complexity index is 549. The summed E-state index contributed by atoms with van der Waals surface area (Å²) in [5, 5.41) is 0. The summed E-state index contributed by atoms with van der Waals surface area (Å²) in [6, 6.07) is 0. The first kappa shape index (κ1) is 15.0. The fraction of sp³-hybridized carbons (Fsp3) is 0.667. The van der Waals surface area contributed by atoms with Gasteiger partial charge in [-0.3, -0.25) is 4.98 Å². The first-order valence-electron chi connectivity index (χ1n) is 6.55. The van der Waals surface area contributed by atoms with Gasteiger partial charge in [0, 0.05) is 6.54 Å². The minimum absolute atomic E-state index is 0.110.